The molecule has 0 bridgehead atoms. The van der Waals surface area contributed by atoms with Crippen molar-refractivity contribution in [2.24, 2.45) is 0 Å². The molecule has 5 heteroatoms. The average molecular weight is 399 g/mol. The first-order valence-electron chi connectivity index (χ1n) is 6.93. The van der Waals surface area contributed by atoms with E-state index in [1.54, 1.807) is 11.8 Å². The first-order valence-corrected chi connectivity index (χ1v) is 9.25. The Morgan fingerprint density at radius 1 is 1.23 bits per heavy atom. The van der Waals surface area contributed by atoms with Gasteiger partial charge < -0.3 is 5.32 Å². The fourth-order valence-corrected chi connectivity index (χ4v) is 3.81. The Labute approximate surface area is 148 Å². The lowest BCUT2D eigenvalue weighted by Gasteiger charge is -2.15. The summed E-state index contributed by atoms with van der Waals surface area (Å²) >= 11 is 11.3. The minimum Gasteiger partial charge on any atom is -0.349 e. The number of benzene rings is 2. The summed E-state index contributed by atoms with van der Waals surface area (Å²) in [6.07, 6.45) is 0. The van der Waals surface area contributed by atoms with E-state index in [0.29, 0.717) is 10.8 Å². The van der Waals surface area contributed by atoms with Gasteiger partial charge in [0.25, 0.3) is 0 Å². The Balaban J connectivity index is 1.81. The minimum absolute atomic E-state index is 0.0180. The molecule has 0 aliphatic carbocycles. The molecule has 2 rings (SSSR count). The third-order valence-corrected chi connectivity index (χ3v) is 5.30. The van der Waals surface area contributed by atoms with Crippen LogP contribution in [0.25, 0.3) is 0 Å². The average Bonchev–Trinajstić information content (AvgIpc) is 2.49. The van der Waals surface area contributed by atoms with Crippen molar-refractivity contribution in [3.8, 4) is 0 Å². The summed E-state index contributed by atoms with van der Waals surface area (Å²) in [4.78, 5) is 12.0. The van der Waals surface area contributed by atoms with Crippen molar-refractivity contribution in [3.63, 3.8) is 0 Å². The number of carbonyl (C=O) groups excluding carboxylic acids is 1. The molecular formula is C17H17BrClNOS. The molecule has 0 fully saturated rings. The van der Waals surface area contributed by atoms with Crippen LogP contribution < -0.4 is 5.32 Å². The highest BCUT2D eigenvalue weighted by Crippen LogP contribution is 2.23. The van der Waals surface area contributed by atoms with Crippen LogP contribution in [0.5, 0.6) is 0 Å². The maximum absolute atomic E-state index is 12.0. The molecule has 0 aromatic heterocycles. The predicted molar refractivity (Wildman–Crippen MR) is 98.3 cm³/mol. The Hall–Kier alpha value is -0.970. The Morgan fingerprint density at radius 3 is 2.64 bits per heavy atom. The van der Waals surface area contributed by atoms with E-state index in [1.807, 2.05) is 49.4 Å². The second kappa shape index (κ2) is 8.61. The van der Waals surface area contributed by atoms with E-state index >= 15 is 0 Å². The summed E-state index contributed by atoms with van der Waals surface area (Å²) in [6.45, 7) is 1.94. The molecule has 2 aromatic carbocycles. The van der Waals surface area contributed by atoms with Gasteiger partial charge in [0.15, 0.2) is 0 Å². The molecular weight excluding hydrogens is 382 g/mol. The summed E-state index contributed by atoms with van der Waals surface area (Å²) in [5.41, 5.74) is 2.13. The third-order valence-electron chi connectivity index (χ3n) is 3.20. The maximum atomic E-state index is 12.0. The molecule has 2 aromatic rings. The van der Waals surface area contributed by atoms with Crippen LogP contribution in [-0.2, 0) is 10.5 Å². The van der Waals surface area contributed by atoms with Crippen LogP contribution in [0.15, 0.2) is 53.0 Å². The number of nitrogens with one attached hydrogen (secondary N) is 1. The number of amides is 1. The Kier molecular flexibility index (Phi) is 6.80. The number of rotatable bonds is 6. The van der Waals surface area contributed by atoms with Gasteiger partial charge in [-0.3, -0.25) is 4.79 Å². The zero-order valence-electron chi connectivity index (χ0n) is 12.2. The van der Waals surface area contributed by atoms with Crippen LogP contribution in [-0.4, -0.2) is 11.7 Å². The van der Waals surface area contributed by atoms with Gasteiger partial charge in [-0.05, 0) is 30.2 Å². The first kappa shape index (κ1) is 17.4. The second-order valence-corrected chi connectivity index (χ2v) is 7.14. The lowest BCUT2D eigenvalue weighted by molar-refractivity contribution is -0.119. The van der Waals surface area contributed by atoms with Crippen LogP contribution in [0.3, 0.4) is 0 Å². The minimum atomic E-state index is -0.0924. The van der Waals surface area contributed by atoms with Crippen molar-refractivity contribution in [1.82, 2.24) is 5.32 Å². The van der Waals surface area contributed by atoms with Crippen LogP contribution in [0, 0.1) is 0 Å². The number of hydrogen-bond donors (Lipinski definition) is 1. The van der Waals surface area contributed by atoms with E-state index in [0.717, 1.165) is 15.8 Å². The second-order valence-electron chi connectivity index (χ2n) is 4.89. The molecule has 1 unspecified atom stereocenters. The summed E-state index contributed by atoms with van der Waals surface area (Å²) < 4.78 is 1.08. The Bertz CT molecular complexity index is 650. The van der Waals surface area contributed by atoms with E-state index in [4.69, 9.17) is 11.6 Å². The van der Waals surface area contributed by atoms with Gasteiger partial charge in [-0.1, -0.05) is 63.9 Å². The highest BCUT2D eigenvalue weighted by Gasteiger charge is 2.12. The van der Waals surface area contributed by atoms with Gasteiger partial charge in [-0.15, -0.1) is 11.8 Å². The van der Waals surface area contributed by atoms with Gasteiger partial charge in [-0.25, -0.2) is 0 Å². The van der Waals surface area contributed by atoms with Crippen LogP contribution in [0.4, 0.5) is 0 Å². The maximum Gasteiger partial charge on any atom is 0.230 e. The quantitative estimate of drug-likeness (QED) is 0.723. The zero-order chi connectivity index (χ0) is 15.9. The molecule has 0 heterocycles. The molecule has 0 radical (unpaired) electrons. The normalized spacial score (nSPS) is 12.0. The molecule has 0 saturated heterocycles. The van der Waals surface area contributed by atoms with E-state index in [2.05, 4.69) is 27.3 Å². The van der Waals surface area contributed by atoms with Crippen LogP contribution in [0.1, 0.15) is 24.1 Å². The van der Waals surface area contributed by atoms with Crippen molar-refractivity contribution in [1.29, 1.82) is 0 Å². The highest BCUT2D eigenvalue weighted by molar-refractivity contribution is 9.10. The lowest BCUT2D eigenvalue weighted by Crippen LogP contribution is -2.28. The van der Waals surface area contributed by atoms with Gasteiger partial charge in [0.2, 0.25) is 5.91 Å². The third kappa shape index (κ3) is 5.04. The smallest absolute Gasteiger partial charge is 0.230 e. The number of carbonyl (C=O) groups is 1. The van der Waals surface area contributed by atoms with Crippen molar-refractivity contribution >= 4 is 45.2 Å². The molecule has 0 saturated carbocycles. The van der Waals surface area contributed by atoms with Crippen LogP contribution in [0.2, 0.25) is 5.02 Å². The molecule has 1 amide bonds. The summed E-state index contributed by atoms with van der Waals surface area (Å²) in [5.74, 6) is 1.25. The standard InChI is InChI=1S/C17H17BrClNOS/c1-12(14-7-3-5-9-16(14)19)20-17(21)11-22-10-13-6-2-4-8-15(13)18/h2-9,12H,10-11H2,1H3,(H,20,21). The zero-order valence-corrected chi connectivity index (χ0v) is 15.3. The van der Waals surface area contributed by atoms with Gasteiger partial charge >= 0.3 is 0 Å². The van der Waals surface area contributed by atoms with Gasteiger partial charge in [0.05, 0.1) is 11.8 Å². The fourth-order valence-electron chi connectivity index (χ4n) is 2.06. The summed E-state index contributed by atoms with van der Waals surface area (Å²) in [5, 5.41) is 3.66. The molecule has 0 aliphatic rings. The van der Waals surface area contributed by atoms with Crippen LogP contribution >= 0.6 is 39.3 Å². The van der Waals surface area contributed by atoms with Crippen molar-refractivity contribution in [2.45, 2.75) is 18.7 Å². The number of halogens is 2. The van der Waals surface area contributed by atoms with E-state index in [9.17, 15) is 4.79 Å². The van der Waals surface area contributed by atoms with Gasteiger partial charge in [0.1, 0.15) is 0 Å². The van der Waals surface area contributed by atoms with E-state index < -0.39 is 0 Å². The van der Waals surface area contributed by atoms with Gasteiger partial charge in [0, 0.05) is 15.2 Å². The topological polar surface area (TPSA) is 29.1 Å². The molecule has 2 nitrogen and oxygen atoms in total. The molecule has 0 aliphatic heterocycles. The van der Waals surface area contributed by atoms with Gasteiger partial charge in [-0.2, -0.15) is 0 Å². The SMILES string of the molecule is CC(NC(=O)CSCc1ccccc1Br)c1ccccc1Cl. The largest absolute Gasteiger partial charge is 0.349 e. The predicted octanol–water partition coefficient (Wildman–Crippen LogP) is 5.21. The fraction of sp³-hybridized carbons (Fsp3) is 0.235. The molecule has 22 heavy (non-hydrogen) atoms. The molecule has 1 atom stereocenters. The first-order chi connectivity index (χ1) is 10.6. The lowest BCUT2D eigenvalue weighted by atomic mass is 10.1. The van der Waals surface area contributed by atoms with Crippen molar-refractivity contribution in [3.05, 3.63) is 69.2 Å². The summed E-state index contributed by atoms with van der Waals surface area (Å²) in [7, 11) is 0. The highest BCUT2D eigenvalue weighted by atomic mass is 79.9. The van der Waals surface area contributed by atoms with Crippen molar-refractivity contribution < 1.29 is 4.79 Å². The van der Waals surface area contributed by atoms with E-state index in [1.165, 1.54) is 5.56 Å². The van der Waals surface area contributed by atoms with Crippen molar-refractivity contribution in [2.75, 3.05) is 5.75 Å². The monoisotopic (exact) mass is 397 g/mol. The molecule has 116 valence electrons. The number of thioether (sulfide) groups is 1. The van der Waals surface area contributed by atoms with E-state index in [-0.39, 0.29) is 11.9 Å². The molecule has 1 N–H and O–H groups in total. The molecule has 0 spiro atoms. The Morgan fingerprint density at radius 2 is 1.91 bits per heavy atom. The summed E-state index contributed by atoms with van der Waals surface area (Å²) in [6, 6.07) is 15.5. The number of hydrogen-bond acceptors (Lipinski definition) is 2.